The predicted molar refractivity (Wildman–Crippen MR) is 130 cm³/mol. The lowest BCUT2D eigenvalue weighted by atomic mass is 9.73. The quantitative estimate of drug-likeness (QED) is 0.686. The summed E-state index contributed by atoms with van der Waals surface area (Å²) in [7, 11) is 0. The second-order valence-corrected chi connectivity index (χ2v) is 10.3. The van der Waals surface area contributed by atoms with Crippen LogP contribution in [-0.2, 0) is 11.2 Å². The van der Waals surface area contributed by atoms with Gasteiger partial charge in [-0.2, -0.15) is 0 Å². The summed E-state index contributed by atoms with van der Waals surface area (Å²) in [5.74, 6) is 0.853. The van der Waals surface area contributed by atoms with E-state index in [1.807, 2.05) is 6.92 Å². The topological polar surface area (TPSA) is 97.6 Å². The molecule has 4 N–H and O–H groups in total. The van der Waals surface area contributed by atoms with Crippen LogP contribution in [0.2, 0.25) is 5.02 Å². The Kier molecular flexibility index (Phi) is 5.51. The highest BCUT2D eigenvalue weighted by molar-refractivity contribution is 8.04. The molecule has 32 heavy (non-hydrogen) atoms. The van der Waals surface area contributed by atoms with E-state index in [1.165, 1.54) is 22.9 Å². The molecule has 1 aromatic heterocycles. The summed E-state index contributed by atoms with van der Waals surface area (Å²) < 4.78 is 0. The largest absolute Gasteiger partial charge is 0.382 e. The molecule has 1 spiro atoms. The number of ketones is 1. The molecular weight excluding hydrogens is 442 g/mol. The van der Waals surface area contributed by atoms with Crippen LogP contribution in [-0.4, -0.2) is 34.6 Å². The van der Waals surface area contributed by atoms with Gasteiger partial charge < -0.3 is 16.4 Å². The standard InChI is InChI=1S/C24H26ClN5OS/c1-14-20(31)18(32-17-6-9-28-22(27)19(17)25)13-29-23(14)30-10-7-24(8-11-30)12-15-4-2-3-5-16(15)21(24)26/h2-6,9,13-14,21H,7-8,10-12,26H2,1H3,(H2,27,28)/t14-,21?/m1/s1. The minimum atomic E-state index is -0.302. The SMILES string of the molecule is C[C@@H]1C(=O)C(Sc2ccnc(N)c2Cl)=CN=C1N1CCC2(CC1)Cc1ccccc1C2N. The first-order valence-corrected chi connectivity index (χ1v) is 12.1. The molecule has 1 aliphatic carbocycles. The fourth-order valence-corrected chi connectivity index (χ4v) is 6.36. The van der Waals surface area contributed by atoms with Gasteiger partial charge >= 0.3 is 0 Å². The van der Waals surface area contributed by atoms with Crippen LogP contribution in [0, 0.1) is 11.3 Å². The van der Waals surface area contributed by atoms with Crippen molar-refractivity contribution in [2.24, 2.45) is 22.1 Å². The first-order valence-electron chi connectivity index (χ1n) is 10.9. The molecule has 6 nitrogen and oxygen atoms in total. The maximum Gasteiger partial charge on any atom is 0.181 e. The number of aliphatic imine (C=N–C) groups is 1. The molecule has 166 valence electrons. The minimum Gasteiger partial charge on any atom is -0.382 e. The minimum absolute atomic E-state index is 0.0525. The first-order chi connectivity index (χ1) is 15.4. The van der Waals surface area contributed by atoms with Gasteiger partial charge in [0.15, 0.2) is 5.78 Å². The summed E-state index contributed by atoms with van der Waals surface area (Å²) in [5, 5.41) is 0.365. The number of allylic oxidation sites excluding steroid dienone is 1. The van der Waals surface area contributed by atoms with Crippen molar-refractivity contribution in [1.29, 1.82) is 0 Å². The number of benzene rings is 1. The van der Waals surface area contributed by atoms with Crippen molar-refractivity contribution < 1.29 is 4.79 Å². The van der Waals surface area contributed by atoms with Gasteiger partial charge in [-0.1, -0.05) is 47.6 Å². The van der Waals surface area contributed by atoms with E-state index >= 15 is 0 Å². The van der Waals surface area contributed by atoms with E-state index in [0.29, 0.717) is 14.8 Å². The Hall–Kier alpha value is -2.35. The molecule has 3 aliphatic rings. The van der Waals surface area contributed by atoms with E-state index in [0.717, 1.165) is 38.2 Å². The lowest BCUT2D eigenvalue weighted by Gasteiger charge is -2.44. The molecule has 5 rings (SSSR count). The Bertz CT molecular complexity index is 1140. The van der Waals surface area contributed by atoms with Crippen molar-refractivity contribution in [2.75, 3.05) is 18.8 Å². The fourth-order valence-electron chi connectivity index (χ4n) is 5.19. The lowest BCUT2D eigenvalue weighted by Crippen LogP contribution is -2.49. The number of nitrogens with zero attached hydrogens (tertiary/aromatic N) is 3. The molecule has 0 amide bonds. The zero-order valence-corrected chi connectivity index (χ0v) is 19.5. The molecule has 3 heterocycles. The van der Waals surface area contributed by atoms with Gasteiger partial charge in [0.1, 0.15) is 11.7 Å². The van der Waals surface area contributed by atoms with E-state index in [-0.39, 0.29) is 29.0 Å². The number of amidine groups is 1. The third-order valence-electron chi connectivity index (χ3n) is 7.11. The number of Topliss-reactive ketones (excluding diaryl/α,β-unsaturated/α-hetero) is 1. The molecule has 2 atom stereocenters. The first kappa shape index (κ1) is 21.5. The Morgan fingerprint density at radius 1 is 1.22 bits per heavy atom. The number of thioether (sulfide) groups is 1. The number of halogens is 1. The second-order valence-electron chi connectivity index (χ2n) is 8.88. The van der Waals surface area contributed by atoms with Gasteiger partial charge in [0, 0.05) is 36.4 Å². The molecule has 0 saturated carbocycles. The molecule has 2 aromatic rings. The molecular formula is C24H26ClN5OS. The number of pyridine rings is 1. The number of piperidine rings is 1. The maximum atomic E-state index is 13.1. The van der Waals surface area contributed by atoms with Gasteiger partial charge in [0.25, 0.3) is 0 Å². The molecule has 2 aliphatic heterocycles. The smallest absolute Gasteiger partial charge is 0.181 e. The van der Waals surface area contributed by atoms with Gasteiger partial charge in [0.2, 0.25) is 0 Å². The van der Waals surface area contributed by atoms with Crippen LogP contribution in [0.3, 0.4) is 0 Å². The van der Waals surface area contributed by atoms with Gasteiger partial charge in [-0.25, -0.2) is 9.98 Å². The molecule has 0 radical (unpaired) electrons. The van der Waals surface area contributed by atoms with E-state index in [9.17, 15) is 4.79 Å². The Labute approximate surface area is 197 Å². The summed E-state index contributed by atoms with van der Waals surface area (Å²) in [5.41, 5.74) is 15.3. The highest BCUT2D eigenvalue weighted by Crippen LogP contribution is 2.51. The highest BCUT2D eigenvalue weighted by Gasteiger charge is 2.46. The van der Waals surface area contributed by atoms with Crippen molar-refractivity contribution in [1.82, 2.24) is 9.88 Å². The summed E-state index contributed by atoms with van der Waals surface area (Å²) in [4.78, 5) is 25.3. The van der Waals surface area contributed by atoms with Crippen molar-refractivity contribution in [3.63, 3.8) is 0 Å². The van der Waals surface area contributed by atoms with Crippen molar-refractivity contribution >= 4 is 40.8 Å². The number of hydrogen-bond acceptors (Lipinski definition) is 7. The average molecular weight is 468 g/mol. The van der Waals surface area contributed by atoms with Crippen LogP contribution in [0.4, 0.5) is 5.82 Å². The second kappa shape index (κ2) is 8.21. The summed E-state index contributed by atoms with van der Waals surface area (Å²) >= 11 is 7.54. The van der Waals surface area contributed by atoms with Crippen LogP contribution >= 0.6 is 23.4 Å². The number of anilines is 1. The van der Waals surface area contributed by atoms with Crippen molar-refractivity contribution in [3.05, 3.63) is 63.8 Å². The molecule has 0 bridgehead atoms. The van der Waals surface area contributed by atoms with Crippen LogP contribution in [0.1, 0.15) is 36.9 Å². The van der Waals surface area contributed by atoms with E-state index < -0.39 is 0 Å². The number of hydrogen-bond donors (Lipinski definition) is 2. The third-order valence-corrected chi connectivity index (χ3v) is 8.71. The maximum absolute atomic E-state index is 13.1. The van der Waals surface area contributed by atoms with Crippen molar-refractivity contribution in [2.45, 2.75) is 37.1 Å². The van der Waals surface area contributed by atoms with Gasteiger partial charge in [-0.15, -0.1) is 0 Å². The van der Waals surface area contributed by atoms with Crippen LogP contribution in [0.25, 0.3) is 0 Å². The van der Waals surface area contributed by atoms with Gasteiger partial charge in [-0.05, 0) is 48.8 Å². The zero-order chi connectivity index (χ0) is 22.5. The summed E-state index contributed by atoms with van der Waals surface area (Å²) in [6.07, 6.45) is 6.29. The highest BCUT2D eigenvalue weighted by atomic mass is 35.5. The molecule has 1 unspecified atom stereocenters. The number of carbonyl (C=O) groups is 1. The zero-order valence-electron chi connectivity index (χ0n) is 17.9. The van der Waals surface area contributed by atoms with Crippen LogP contribution in [0.15, 0.2) is 57.5 Å². The summed E-state index contributed by atoms with van der Waals surface area (Å²) in [6, 6.07) is 10.4. The van der Waals surface area contributed by atoms with E-state index in [2.05, 4.69) is 34.1 Å². The number of carbonyl (C=O) groups excluding carboxylic acids is 1. The van der Waals surface area contributed by atoms with Gasteiger partial charge in [-0.3, -0.25) is 4.79 Å². The molecule has 8 heteroatoms. The Morgan fingerprint density at radius 3 is 2.72 bits per heavy atom. The van der Waals surface area contributed by atoms with E-state index in [1.54, 1.807) is 18.5 Å². The number of nitrogen functional groups attached to an aromatic ring is 1. The van der Waals surface area contributed by atoms with Crippen LogP contribution < -0.4 is 11.5 Å². The molecule has 1 saturated heterocycles. The summed E-state index contributed by atoms with van der Waals surface area (Å²) in [6.45, 7) is 3.65. The molecule has 1 fully saturated rings. The predicted octanol–water partition coefficient (Wildman–Crippen LogP) is 4.21. The molecule has 1 aromatic carbocycles. The number of nitrogens with two attached hydrogens (primary N) is 2. The van der Waals surface area contributed by atoms with E-state index in [4.69, 9.17) is 28.1 Å². The number of rotatable bonds is 2. The fraction of sp³-hybridized carbons (Fsp3) is 0.375. The Morgan fingerprint density at radius 2 is 1.97 bits per heavy atom. The van der Waals surface area contributed by atoms with Crippen molar-refractivity contribution in [3.8, 4) is 0 Å². The number of aromatic nitrogens is 1. The normalized spacial score (nSPS) is 24.3. The van der Waals surface area contributed by atoms with Crippen LogP contribution in [0.5, 0.6) is 0 Å². The third kappa shape index (κ3) is 3.52. The monoisotopic (exact) mass is 467 g/mol. The number of likely N-dealkylation sites (tertiary alicyclic amines) is 1. The Balaban J connectivity index is 1.31. The average Bonchev–Trinajstić information content (AvgIpc) is 3.07. The lowest BCUT2D eigenvalue weighted by molar-refractivity contribution is -0.116. The van der Waals surface area contributed by atoms with Gasteiger partial charge in [0.05, 0.1) is 15.8 Å². The number of fused-ring (bicyclic) bond motifs is 1.